The molecule has 12 aromatic carbocycles. The van der Waals surface area contributed by atoms with Gasteiger partial charge in [-0.2, -0.15) is 0 Å². The van der Waals surface area contributed by atoms with Crippen molar-refractivity contribution in [2.75, 3.05) is 9.80 Å². The molecule has 0 N–H and O–H groups in total. The van der Waals surface area contributed by atoms with Gasteiger partial charge in [0.15, 0.2) is 0 Å². The lowest BCUT2D eigenvalue weighted by Crippen LogP contribution is -2.11. The normalized spacial score (nSPS) is 11.6. The number of nitrogens with zero attached hydrogens (tertiary/aromatic N) is 2. The molecule has 0 radical (unpaired) electrons. The highest BCUT2D eigenvalue weighted by Crippen LogP contribution is 2.48. The fourth-order valence-electron chi connectivity index (χ4n) is 10.4. The summed E-state index contributed by atoms with van der Waals surface area (Å²) in [5, 5.41) is 12.5. The lowest BCUT2D eigenvalue weighted by atomic mass is 9.90. The van der Waals surface area contributed by atoms with Crippen LogP contribution in [0.3, 0.4) is 0 Å². The summed E-state index contributed by atoms with van der Waals surface area (Å²) in [6.07, 6.45) is 0. The van der Waals surface area contributed by atoms with Crippen molar-refractivity contribution in [3.05, 3.63) is 255 Å². The fourth-order valence-corrected chi connectivity index (χ4v) is 11.5. The third kappa shape index (κ3) is 6.63. The topological polar surface area (TPSA) is 6.48 Å². The predicted molar refractivity (Wildman–Crippen MR) is 290 cm³/mol. The van der Waals surface area contributed by atoms with E-state index in [9.17, 15) is 0 Å². The molecule has 0 bridgehead atoms. The lowest BCUT2D eigenvalue weighted by Gasteiger charge is -2.29. The first-order valence-electron chi connectivity index (χ1n) is 22.9. The van der Waals surface area contributed by atoms with Crippen LogP contribution in [0.25, 0.3) is 85.5 Å². The molecule has 0 unspecified atom stereocenters. The van der Waals surface area contributed by atoms with Crippen molar-refractivity contribution < 1.29 is 0 Å². The third-order valence-electron chi connectivity index (χ3n) is 13.4. The van der Waals surface area contributed by atoms with Crippen LogP contribution in [0.2, 0.25) is 0 Å². The Morgan fingerprint density at radius 1 is 0.254 bits per heavy atom. The van der Waals surface area contributed by atoms with Gasteiger partial charge in [-0.25, -0.2) is 0 Å². The van der Waals surface area contributed by atoms with Gasteiger partial charge in [0.25, 0.3) is 0 Å². The van der Waals surface area contributed by atoms with Crippen LogP contribution < -0.4 is 9.80 Å². The smallest absolute Gasteiger partial charge is 0.0540 e. The molecule has 0 saturated carbocycles. The number of benzene rings is 12. The van der Waals surface area contributed by atoms with E-state index >= 15 is 0 Å². The average molecular weight is 871 g/mol. The number of thiophene rings is 1. The molecule has 1 aromatic heterocycles. The molecule has 2 nitrogen and oxygen atoms in total. The van der Waals surface area contributed by atoms with Crippen molar-refractivity contribution in [3.63, 3.8) is 0 Å². The van der Waals surface area contributed by atoms with Crippen LogP contribution in [0.4, 0.5) is 34.1 Å². The minimum Gasteiger partial charge on any atom is -0.310 e. The van der Waals surface area contributed by atoms with E-state index in [2.05, 4.69) is 265 Å². The fraction of sp³-hybridized carbons (Fsp3) is 0. The number of hydrogen-bond acceptors (Lipinski definition) is 3. The third-order valence-corrected chi connectivity index (χ3v) is 14.5. The van der Waals surface area contributed by atoms with Crippen LogP contribution in [0, 0.1) is 0 Å². The highest BCUT2D eigenvalue weighted by atomic mass is 32.1. The summed E-state index contributed by atoms with van der Waals surface area (Å²) in [6.45, 7) is 0. The molecule has 67 heavy (non-hydrogen) atoms. The highest BCUT2D eigenvalue weighted by molar-refractivity contribution is 7.25. The second kappa shape index (κ2) is 16.2. The van der Waals surface area contributed by atoms with E-state index in [0.717, 1.165) is 34.1 Å². The Kier molecular flexibility index (Phi) is 9.40. The molecular formula is C64H42N2S. The Balaban J connectivity index is 1.01. The molecular weight excluding hydrogens is 829 g/mol. The standard InChI is InChI=1S/C64H42N2S/c1-4-18-43(19-5-1)50-24-12-15-29-60(50)65(46-22-8-3-9-23-46)47-33-37-52-45(40-47)32-36-57-54-38-34-48(41-58(54)53-26-10-11-28-56(53)64(52)57)66(61-30-16-13-25-51(61)44-20-6-2-7-21-44)49-35-39-63-59(42-49)55-27-14-17-31-62(55)67-63/h1-42H. The van der Waals surface area contributed by atoms with Gasteiger partial charge in [-0.15, -0.1) is 11.3 Å². The van der Waals surface area contributed by atoms with Crippen LogP contribution in [-0.2, 0) is 0 Å². The second-order valence-electron chi connectivity index (χ2n) is 17.2. The van der Waals surface area contributed by atoms with Gasteiger partial charge in [-0.3, -0.25) is 0 Å². The largest absolute Gasteiger partial charge is 0.310 e. The molecule has 0 fully saturated rings. The molecule has 0 saturated heterocycles. The van der Waals surface area contributed by atoms with E-state index in [4.69, 9.17) is 0 Å². The zero-order valence-corrected chi connectivity index (χ0v) is 37.4. The Labute approximate surface area is 393 Å². The SMILES string of the molecule is c1ccc(-c2ccccc2N(c2ccccc2)c2ccc3c(ccc4c5ccc(N(c6ccc7sc8ccccc8c7c6)c6ccccc6-c6ccccc6)cc5c5ccccc5c34)c2)cc1. The van der Waals surface area contributed by atoms with Gasteiger partial charge in [0.05, 0.1) is 11.4 Å². The van der Waals surface area contributed by atoms with E-state index in [1.807, 2.05) is 11.3 Å². The maximum absolute atomic E-state index is 2.46. The Bertz CT molecular complexity index is 3970. The van der Waals surface area contributed by atoms with Gasteiger partial charge in [-0.05, 0) is 127 Å². The molecule has 13 aromatic rings. The molecule has 13 rings (SSSR count). The first-order chi connectivity index (χ1) is 33.2. The number of para-hydroxylation sites is 3. The van der Waals surface area contributed by atoms with Crippen LogP contribution >= 0.6 is 11.3 Å². The van der Waals surface area contributed by atoms with E-state index in [1.54, 1.807) is 0 Å². The predicted octanol–water partition coefficient (Wildman–Crippen LogP) is 18.9. The molecule has 3 heteroatoms. The van der Waals surface area contributed by atoms with Crippen LogP contribution in [0.1, 0.15) is 0 Å². The minimum absolute atomic E-state index is 1.11. The number of rotatable bonds is 8. The van der Waals surface area contributed by atoms with Crippen molar-refractivity contribution in [2.45, 2.75) is 0 Å². The first kappa shape index (κ1) is 38.9. The van der Waals surface area contributed by atoms with E-state index < -0.39 is 0 Å². The van der Waals surface area contributed by atoms with Crippen LogP contribution in [0.15, 0.2) is 255 Å². The van der Waals surface area contributed by atoms with Crippen molar-refractivity contribution >= 4 is 109 Å². The maximum Gasteiger partial charge on any atom is 0.0540 e. The number of hydrogen-bond donors (Lipinski definition) is 0. The highest BCUT2D eigenvalue weighted by Gasteiger charge is 2.22. The molecule has 0 atom stereocenters. The summed E-state index contributed by atoms with van der Waals surface area (Å²) in [5.41, 5.74) is 11.5. The van der Waals surface area contributed by atoms with Gasteiger partial charge >= 0.3 is 0 Å². The van der Waals surface area contributed by atoms with Gasteiger partial charge in [-0.1, -0.05) is 182 Å². The number of fused-ring (bicyclic) bond motifs is 11. The zero-order valence-electron chi connectivity index (χ0n) is 36.6. The second-order valence-corrected chi connectivity index (χ2v) is 18.3. The molecule has 0 aliphatic heterocycles. The number of anilines is 6. The van der Waals surface area contributed by atoms with Crippen LogP contribution in [-0.4, -0.2) is 0 Å². The molecule has 0 aliphatic rings. The monoisotopic (exact) mass is 870 g/mol. The molecule has 1 heterocycles. The summed E-state index contributed by atoms with van der Waals surface area (Å²) in [7, 11) is 0. The zero-order chi connectivity index (χ0) is 44.3. The Hall–Kier alpha value is -8.50. The van der Waals surface area contributed by atoms with Gasteiger partial charge < -0.3 is 9.80 Å². The Morgan fingerprint density at radius 2 is 0.701 bits per heavy atom. The summed E-state index contributed by atoms with van der Waals surface area (Å²) in [5.74, 6) is 0. The van der Waals surface area contributed by atoms with E-state index in [0.29, 0.717) is 0 Å². The van der Waals surface area contributed by atoms with Gasteiger partial charge in [0.1, 0.15) is 0 Å². The summed E-state index contributed by atoms with van der Waals surface area (Å²) in [4.78, 5) is 4.86. The van der Waals surface area contributed by atoms with Crippen molar-refractivity contribution in [1.82, 2.24) is 0 Å². The summed E-state index contributed by atoms with van der Waals surface area (Å²) >= 11 is 1.86. The maximum atomic E-state index is 2.46. The van der Waals surface area contributed by atoms with Crippen molar-refractivity contribution in [3.8, 4) is 22.3 Å². The Morgan fingerprint density at radius 3 is 1.39 bits per heavy atom. The average Bonchev–Trinajstić information content (AvgIpc) is 3.78. The molecule has 0 amide bonds. The van der Waals surface area contributed by atoms with Gasteiger partial charge in [0.2, 0.25) is 0 Å². The molecule has 314 valence electrons. The molecule has 0 aliphatic carbocycles. The molecule has 0 spiro atoms. The van der Waals surface area contributed by atoms with Crippen molar-refractivity contribution in [2.24, 2.45) is 0 Å². The van der Waals surface area contributed by atoms with Crippen molar-refractivity contribution in [1.29, 1.82) is 0 Å². The van der Waals surface area contributed by atoms with E-state index in [-0.39, 0.29) is 0 Å². The lowest BCUT2D eigenvalue weighted by molar-refractivity contribution is 1.29. The van der Waals surface area contributed by atoms with Crippen LogP contribution in [0.5, 0.6) is 0 Å². The summed E-state index contributed by atoms with van der Waals surface area (Å²) < 4.78 is 2.60. The first-order valence-corrected chi connectivity index (χ1v) is 23.7. The quantitative estimate of drug-likeness (QED) is 0.140. The van der Waals surface area contributed by atoms with Gasteiger partial charge in [0, 0.05) is 54.0 Å². The minimum atomic E-state index is 1.11. The summed E-state index contributed by atoms with van der Waals surface area (Å²) in [6, 6.07) is 93.2. The van der Waals surface area contributed by atoms with E-state index in [1.165, 1.54) is 85.5 Å².